The van der Waals surface area contributed by atoms with Gasteiger partial charge in [-0.15, -0.1) is 0 Å². The number of ether oxygens (including phenoxy) is 1. The fraction of sp³-hybridized carbons (Fsp3) is 0.600. The van der Waals surface area contributed by atoms with Crippen LogP contribution in [-0.4, -0.2) is 25.8 Å². The first-order chi connectivity index (χ1) is 9.20. The Kier molecular flexibility index (Phi) is 5.61. The summed E-state index contributed by atoms with van der Waals surface area (Å²) in [7, 11) is 1.91. The van der Waals surface area contributed by atoms with Crippen molar-refractivity contribution < 1.29 is 9.13 Å². The van der Waals surface area contributed by atoms with E-state index in [-0.39, 0.29) is 11.9 Å². The molecule has 106 valence electrons. The summed E-state index contributed by atoms with van der Waals surface area (Å²) in [5.41, 5.74) is 0.607. The Morgan fingerprint density at radius 1 is 1.53 bits per heavy atom. The summed E-state index contributed by atoms with van der Waals surface area (Å²) < 4.78 is 19.4. The largest absolute Gasteiger partial charge is 0.378 e. The van der Waals surface area contributed by atoms with Gasteiger partial charge >= 0.3 is 0 Å². The minimum absolute atomic E-state index is 0.218. The fourth-order valence-corrected chi connectivity index (χ4v) is 2.82. The third-order valence-corrected chi connectivity index (χ3v) is 4.14. The second-order valence-electron chi connectivity index (χ2n) is 5.10. The Morgan fingerprint density at radius 2 is 2.37 bits per heavy atom. The predicted molar refractivity (Wildman–Crippen MR) is 76.2 cm³/mol. The highest BCUT2D eigenvalue weighted by Crippen LogP contribution is 2.23. The molecular formula is C15H21ClFNO. The standard InChI is InChI=1S/C15H21ClFNO/c1-18-11(7-8-12-4-3-9-19-12)10-13-14(16)5-2-6-15(13)17/h2,5-6,11-12,18H,3-4,7-10H2,1H3. The quantitative estimate of drug-likeness (QED) is 0.863. The Hall–Kier alpha value is -0.640. The summed E-state index contributed by atoms with van der Waals surface area (Å²) in [4.78, 5) is 0. The van der Waals surface area contributed by atoms with Crippen LogP contribution >= 0.6 is 11.6 Å². The van der Waals surface area contributed by atoms with Gasteiger partial charge in [-0.2, -0.15) is 0 Å². The zero-order chi connectivity index (χ0) is 13.7. The van der Waals surface area contributed by atoms with Gasteiger partial charge in [0, 0.05) is 23.2 Å². The second kappa shape index (κ2) is 7.22. The van der Waals surface area contributed by atoms with Gasteiger partial charge in [-0.1, -0.05) is 17.7 Å². The molecule has 1 saturated heterocycles. The lowest BCUT2D eigenvalue weighted by Crippen LogP contribution is -2.29. The van der Waals surface area contributed by atoms with Gasteiger partial charge in [-0.05, 0) is 51.3 Å². The summed E-state index contributed by atoms with van der Waals surface area (Å²) in [5.74, 6) is -0.218. The molecule has 0 bridgehead atoms. The summed E-state index contributed by atoms with van der Waals surface area (Å²) in [6.07, 6.45) is 5.32. The molecule has 1 aliphatic heterocycles. The van der Waals surface area contributed by atoms with E-state index in [1.54, 1.807) is 12.1 Å². The molecule has 1 aliphatic rings. The molecule has 0 aromatic heterocycles. The van der Waals surface area contributed by atoms with E-state index in [2.05, 4.69) is 5.32 Å². The average Bonchev–Trinajstić information content (AvgIpc) is 2.91. The van der Waals surface area contributed by atoms with Crippen LogP contribution in [0.15, 0.2) is 18.2 Å². The highest BCUT2D eigenvalue weighted by molar-refractivity contribution is 6.31. The van der Waals surface area contributed by atoms with Crippen LogP contribution in [0.4, 0.5) is 4.39 Å². The Labute approximate surface area is 119 Å². The summed E-state index contributed by atoms with van der Waals surface area (Å²) in [5, 5.41) is 3.76. The molecule has 1 N–H and O–H groups in total. The van der Waals surface area contributed by atoms with E-state index in [1.165, 1.54) is 6.07 Å². The van der Waals surface area contributed by atoms with Crippen molar-refractivity contribution in [3.8, 4) is 0 Å². The van der Waals surface area contributed by atoms with Gasteiger partial charge in [0.1, 0.15) is 5.82 Å². The molecule has 1 fully saturated rings. The van der Waals surface area contributed by atoms with Gasteiger partial charge in [0.15, 0.2) is 0 Å². The molecule has 0 spiro atoms. The maximum absolute atomic E-state index is 13.8. The second-order valence-corrected chi connectivity index (χ2v) is 5.51. The molecule has 2 atom stereocenters. The fourth-order valence-electron chi connectivity index (χ4n) is 2.58. The van der Waals surface area contributed by atoms with Crippen molar-refractivity contribution >= 4 is 11.6 Å². The minimum atomic E-state index is -0.218. The number of benzene rings is 1. The van der Waals surface area contributed by atoms with Gasteiger partial charge < -0.3 is 10.1 Å². The van der Waals surface area contributed by atoms with Gasteiger partial charge in [0.25, 0.3) is 0 Å². The van der Waals surface area contributed by atoms with Crippen LogP contribution in [0.5, 0.6) is 0 Å². The molecule has 0 amide bonds. The lowest BCUT2D eigenvalue weighted by Gasteiger charge is -2.19. The Balaban J connectivity index is 1.90. The van der Waals surface area contributed by atoms with Crippen molar-refractivity contribution in [2.45, 2.75) is 44.2 Å². The van der Waals surface area contributed by atoms with Crippen LogP contribution in [0.3, 0.4) is 0 Å². The molecule has 1 aromatic rings. The number of likely N-dealkylation sites (N-methyl/N-ethyl adjacent to an activating group) is 1. The Bertz CT molecular complexity index is 387. The van der Waals surface area contributed by atoms with Gasteiger partial charge in [-0.25, -0.2) is 4.39 Å². The number of nitrogens with one attached hydrogen (secondary N) is 1. The third-order valence-electron chi connectivity index (χ3n) is 3.78. The predicted octanol–water partition coefficient (Wildman–Crippen LogP) is 3.57. The van der Waals surface area contributed by atoms with Crippen molar-refractivity contribution in [2.75, 3.05) is 13.7 Å². The molecule has 0 saturated carbocycles. The molecule has 2 nitrogen and oxygen atoms in total. The number of rotatable bonds is 6. The molecule has 1 heterocycles. The van der Waals surface area contributed by atoms with Crippen molar-refractivity contribution in [3.05, 3.63) is 34.6 Å². The first-order valence-electron chi connectivity index (χ1n) is 6.92. The molecule has 1 aromatic carbocycles. The molecular weight excluding hydrogens is 265 g/mol. The first kappa shape index (κ1) is 14.8. The zero-order valence-electron chi connectivity index (χ0n) is 11.3. The lowest BCUT2D eigenvalue weighted by molar-refractivity contribution is 0.0998. The summed E-state index contributed by atoms with van der Waals surface area (Å²) >= 11 is 6.07. The molecule has 0 radical (unpaired) electrons. The van der Waals surface area contributed by atoms with Crippen molar-refractivity contribution in [1.29, 1.82) is 0 Å². The highest BCUT2D eigenvalue weighted by atomic mass is 35.5. The zero-order valence-corrected chi connectivity index (χ0v) is 12.0. The number of hydrogen-bond donors (Lipinski definition) is 1. The van der Waals surface area contributed by atoms with Gasteiger partial charge in [0.2, 0.25) is 0 Å². The van der Waals surface area contributed by atoms with Gasteiger partial charge in [-0.3, -0.25) is 0 Å². The number of halogens is 2. The third kappa shape index (κ3) is 4.16. The molecule has 2 unspecified atom stereocenters. The van der Waals surface area contributed by atoms with E-state index in [0.717, 1.165) is 32.3 Å². The van der Waals surface area contributed by atoms with Crippen molar-refractivity contribution in [1.82, 2.24) is 5.32 Å². The molecule has 0 aliphatic carbocycles. The van der Waals surface area contributed by atoms with Crippen LogP contribution in [0, 0.1) is 5.82 Å². The maximum atomic E-state index is 13.8. The van der Waals surface area contributed by atoms with E-state index in [0.29, 0.717) is 23.1 Å². The van der Waals surface area contributed by atoms with E-state index < -0.39 is 0 Å². The molecule has 19 heavy (non-hydrogen) atoms. The normalized spacial score (nSPS) is 20.7. The van der Waals surface area contributed by atoms with E-state index >= 15 is 0 Å². The summed E-state index contributed by atoms with van der Waals surface area (Å²) in [6.45, 7) is 0.883. The SMILES string of the molecule is CNC(CCC1CCCO1)Cc1c(F)cccc1Cl. The van der Waals surface area contributed by atoms with Crippen LogP contribution < -0.4 is 5.32 Å². The average molecular weight is 286 g/mol. The topological polar surface area (TPSA) is 21.3 Å². The minimum Gasteiger partial charge on any atom is -0.378 e. The van der Waals surface area contributed by atoms with Crippen LogP contribution in [0.1, 0.15) is 31.2 Å². The maximum Gasteiger partial charge on any atom is 0.127 e. The monoisotopic (exact) mass is 285 g/mol. The van der Waals surface area contributed by atoms with E-state index in [4.69, 9.17) is 16.3 Å². The molecule has 4 heteroatoms. The summed E-state index contributed by atoms with van der Waals surface area (Å²) in [6, 6.07) is 5.08. The van der Waals surface area contributed by atoms with Crippen LogP contribution in [0.25, 0.3) is 0 Å². The van der Waals surface area contributed by atoms with Crippen molar-refractivity contribution in [3.63, 3.8) is 0 Å². The number of hydrogen-bond acceptors (Lipinski definition) is 2. The highest BCUT2D eigenvalue weighted by Gasteiger charge is 2.19. The van der Waals surface area contributed by atoms with Gasteiger partial charge in [0.05, 0.1) is 6.10 Å². The lowest BCUT2D eigenvalue weighted by atomic mass is 9.99. The van der Waals surface area contributed by atoms with Crippen molar-refractivity contribution in [2.24, 2.45) is 0 Å². The Morgan fingerprint density at radius 3 is 3.00 bits per heavy atom. The first-order valence-corrected chi connectivity index (χ1v) is 7.30. The smallest absolute Gasteiger partial charge is 0.127 e. The van der Waals surface area contributed by atoms with Crippen LogP contribution in [-0.2, 0) is 11.2 Å². The van der Waals surface area contributed by atoms with Crippen LogP contribution in [0.2, 0.25) is 5.02 Å². The molecule has 2 rings (SSSR count). The van der Waals surface area contributed by atoms with E-state index in [1.807, 2.05) is 7.05 Å². The van der Waals surface area contributed by atoms with E-state index in [9.17, 15) is 4.39 Å².